The fourth-order valence-corrected chi connectivity index (χ4v) is 3.74. The maximum atomic E-state index is 12.8. The standard InChI is InChI=1S/C23H22N2O2/c1-2-16-7-6-10-18(15-16)24-23(27)19-13-14-25-20(19)11-12-21(25)22(26)17-8-4-3-5-9-17/h3-12,15,19H,2,13-14H2,1H3,(H,24,27). The minimum absolute atomic E-state index is 0.00134. The Bertz CT molecular complexity index is 989. The van der Waals surface area contributed by atoms with E-state index in [2.05, 4.69) is 18.3 Å². The lowest BCUT2D eigenvalue weighted by atomic mass is 10.0. The molecule has 136 valence electrons. The normalized spacial score (nSPS) is 15.4. The maximum Gasteiger partial charge on any atom is 0.233 e. The van der Waals surface area contributed by atoms with Gasteiger partial charge in [-0.25, -0.2) is 0 Å². The molecule has 1 N–H and O–H groups in total. The van der Waals surface area contributed by atoms with Crippen molar-refractivity contribution < 1.29 is 9.59 Å². The van der Waals surface area contributed by atoms with Crippen molar-refractivity contribution in [3.63, 3.8) is 0 Å². The van der Waals surface area contributed by atoms with Crippen LogP contribution in [0.1, 0.15) is 46.6 Å². The second-order valence-corrected chi connectivity index (χ2v) is 6.87. The van der Waals surface area contributed by atoms with Gasteiger partial charge in [0.2, 0.25) is 11.7 Å². The number of nitrogens with zero attached hydrogens (tertiary/aromatic N) is 1. The van der Waals surface area contributed by atoms with Crippen molar-refractivity contribution in [3.8, 4) is 0 Å². The van der Waals surface area contributed by atoms with Crippen molar-refractivity contribution in [1.29, 1.82) is 0 Å². The van der Waals surface area contributed by atoms with Crippen LogP contribution in [0.5, 0.6) is 0 Å². The third-order valence-electron chi connectivity index (χ3n) is 5.20. The average Bonchev–Trinajstić information content (AvgIpc) is 3.30. The number of rotatable bonds is 5. The average molecular weight is 358 g/mol. The van der Waals surface area contributed by atoms with Crippen molar-refractivity contribution in [1.82, 2.24) is 4.57 Å². The summed E-state index contributed by atoms with van der Waals surface area (Å²) in [5.74, 6) is -0.245. The first-order valence-electron chi connectivity index (χ1n) is 9.36. The minimum Gasteiger partial charge on any atom is -0.341 e. The largest absolute Gasteiger partial charge is 0.341 e. The third-order valence-corrected chi connectivity index (χ3v) is 5.20. The summed E-state index contributed by atoms with van der Waals surface area (Å²) < 4.78 is 1.99. The number of carbonyl (C=O) groups excluding carboxylic acids is 2. The Morgan fingerprint density at radius 3 is 2.63 bits per heavy atom. The Hall–Kier alpha value is -3.14. The number of nitrogens with one attached hydrogen (secondary N) is 1. The molecule has 4 heteroatoms. The Morgan fingerprint density at radius 2 is 1.85 bits per heavy atom. The molecule has 0 radical (unpaired) electrons. The van der Waals surface area contributed by atoms with Gasteiger partial charge in [-0.2, -0.15) is 0 Å². The molecule has 0 aliphatic carbocycles. The quantitative estimate of drug-likeness (QED) is 0.687. The number of aromatic nitrogens is 1. The molecule has 1 unspecified atom stereocenters. The Balaban J connectivity index is 1.55. The van der Waals surface area contributed by atoms with Crippen LogP contribution in [0.4, 0.5) is 5.69 Å². The highest BCUT2D eigenvalue weighted by Gasteiger charge is 2.32. The zero-order valence-electron chi connectivity index (χ0n) is 15.3. The Labute approximate surface area is 158 Å². The monoisotopic (exact) mass is 358 g/mol. The molecule has 0 saturated carbocycles. The molecule has 1 atom stereocenters. The molecule has 4 nitrogen and oxygen atoms in total. The van der Waals surface area contributed by atoms with Gasteiger partial charge in [0.1, 0.15) is 0 Å². The predicted octanol–water partition coefficient (Wildman–Crippen LogP) is 4.41. The summed E-state index contributed by atoms with van der Waals surface area (Å²) in [7, 11) is 0. The molecule has 1 amide bonds. The second-order valence-electron chi connectivity index (χ2n) is 6.87. The van der Waals surface area contributed by atoms with E-state index in [-0.39, 0.29) is 17.6 Å². The lowest BCUT2D eigenvalue weighted by Crippen LogP contribution is -2.19. The summed E-state index contributed by atoms with van der Waals surface area (Å²) in [6.45, 7) is 2.78. The summed E-state index contributed by atoms with van der Waals surface area (Å²) in [6.07, 6.45) is 1.64. The molecule has 4 rings (SSSR count). The van der Waals surface area contributed by atoms with E-state index in [0.717, 1.165) is 17.8 Å². The second kappa shape index (κ2) is 7.23. The van der Waals surface area contributed by atoms with Gasteiger partial charge in [0.15, 0.2) is 0 Å². The fraction of sp³-hybridized carbons (Fsp3) is 0.217. The van der Waals surface area contributed by atoms with Crippen LogP contribution in [0.15, 0.2) is 66.7 Å². The maximum absolute atomic E-state index is 12.8. The van der Waals surface area contributed by atoms with Crippen LogP contribution in [0.25, 0.3) is 0 Å². The van der Waals surface area contributed by atoms with Crippen LogP contribution in [-0.4, -0.2) is 16.3 Å². The SMILES string of the molecule is CCc1cccc(NC(=O)C2CCn3c(C(=O)c4ccccc4)ccc32)c1. The number of fused-ring (bicyclic) bond motifs is 1. The molecule has 3 aromatic rings. The predicted molar refractivity (Wildman–Crippen MR) is 106 cm³/mol. The molecule has 0 spiro atoms. The number of amides is 1. The van der Waals surface area contributed by atoms with Gasteiger partial charge in [-0.05, 0) is 42.7 Å². The van der Waals surface area contributed by atoms with Crippen LogP contribution in [0, 0.1) is 0 Å². The summed E-state index contributed by atoms with van der Waals surface area (Å²) in [5, 5.41) is 3.03. The number of hydrogen-bond acceptors (Lipinski definition) is 2. The molecule has 1 aliphatic heterocycles. The molecular weight excluding hydrogens is 336 g/mol. The highest BCUT2D eigenvalue weighted by molar-refractivity contribution is 6.08. The first-order valence-corrected chi connectivity index (χ1v) is 9.36. The number of anilines is 1. The van der Waals surface area contributed by atoms with Crippen LogP contribution >= 0.6 is 0 Å². The third kappa shape index (κ3) is 3.31. The van der Waals surface area contributed by atoms with E-state index in [4.69, 9.17) is 0 Å². The summed E-state index contributed by atoms with van der Waals surface area (Å²) in [5.41, 5.74) is 4.25. The topological polar surface area (TPSA) is 51.1 Å². The van der Waals surface area contributed by atoms with Gasteiger partial charge >= 0.3 is 0 Å². The Kier molecular flexibility index (Phi) is 4.63. The van der Waals surface area contributed by atoms with Crippen molar-refractivity contribution in [3.05, 3.63) is 89.2 Å². The number of ketones is 1. The van der Waals surface area contributed by atoms with Crippen LogP contribution in [-0.2, 0) is 17.8 Å². The Morgan fingerprint density at radius 1 is 1.04 bits per heavy atom. The van der Waals surface area contributed by atoms with E-state index in [1.807, 2.05) is 65.2 Å². The van der Waals surface area contributed by atoms with Gasteiger partial charge in [-0.3, -0.25) is 9.59 Å². The molecule has 2 heterocycles. The van der Waals surface area contributed by atoms with Crippen LogP contribution in [0.3, 0.4) is 0 Å². The van der Waals surface area contributed by atoms with Gasteiger partial charge < -0.3 is 9.88 Å². The molecule has 2 aromatic carbocycles. The van der Waals surface area contributed by atoms with Crippen molar-refractivity contribution in [2.45, 2.75) is 32.2 Å². The minimum atomic E-state index is -0.229. The highest BCUT2D eigenvalue weighted by atomic mass is 16.2. The highest BCUT2D eigenvalue weighted by Crippen LogP contribution is 2.32. The smallest absolute Gasteiger partial charge is 0.233 e. The molecule has 0 bridgehead atoms. The number of benzene rings is 2. The van der Waals surface area contributed by atoms with E-state index >= 15 is 0 Å². The number of aryl methyl sites for hydroxylation is 1. The van der Waals surface area contributed by atoms with Crippen molar-refractivity contribution in [2.75, 3.05) is 5.32 Å². The molecule has 1 aromatic heterocycles. The zero-order chi connectivity index (χ0) is 18.8. The summed E-state index contributed by atoms with van der Waals surface area (Å²) >= 11 is 0. The van der Waals surface area contributed by atoms with Gasteiger partial charge in [0.05, 0.1) is 11.6 Å². The lowest BCUT2D eigenvalue weighted by Gasteiger charge is -2.11. The number of hydrogen-bond donors (Lipinski definition) is 1. The van der Waals surface area contributed by atoms with E-state index < -0.39 is 0 Å². The first-order chi connectivity index (χ1) is 13.2. The summed E-state index contributed by atoms with van der Waals surface area (Å²) in [4.78, 5) is 25.6. The molecule has 1 aliphatic rings. The van der Waals surface area contributed by atoms with Gasteiger partial charge in [0.25, 0.3) is 0 Å². The van der Waals surface area contributed by atoms with Crippen molar-refractivity contribution in [2.24, 2.45) is 0 Å². The van der Waals surface area contributed by atoms with Gasteiger partial charge in [-0.1, -0.05) is 49.4 Å². The van der Waals surface area contributed by atoms with Crippen molar-refractivity contribution >= 4 is 17.4 Å². The van der Waals surface area contributed by atoms with E-state index in [1.54, 1.807) is 0 Å². The molecular formula is C23H22N2O2. The first kappa shape index (κ1) is 17.3. The zero-order valence-corrected chi connectivity index (χ0v) is 15.3. The number of carbonyl (C=O) groups is 2. The van der Waals surface area contributed by atoms with Crippen LogP contribution in [0.2, 0.25) is 0 Å². The van der Waals surface area contributed by atoms with E-state index in [9.17, 15) is 9.59 Å². The van der Waals surface area contributed by atoms with Gasteiger partial charge in [0, 0.05) is 23.5 Å². The van der Waals surface area contributed by atoms with Crippen LogP contribution < -0.4 is 5.32 Å². The van der Waals surface area contributed by atoms with E-state index in [1.165, 1.54) is 5.56 Å². The summed E-state index contributed by atoms with van der Waals surface area (Å²) in [6, 6.07) is 20.9. The van der Waals surface area contributed by atoms with E-state index in [0.29, 0.717) is 24.2 Å². The molecule has 27 heavy (non-hydrogen) atoms. The van der Waals surface area contributed by atoms with Gasteiger partial charge in [-0.15, -0.1) is 0 Å². The fourth-order valence-electron chi connectivity index (χ4n) is 3.74. The lowest BCUT2D eigenvalue weighted by molar-refractivity contribution is -0.117. The molecule has 0 saturated heterocycles. The molecule has 0 fully saturated rings.